The number of amides is 1. The first-order valence-electron chi connectivity index (χ1n) is 9.82. The average Bonchev–Trinajstić information content (AvgIpc) is 3.17. The Labute approximate surface area is 191 Å². The molecule has 0 saturated heterocycles. The van der Waals surface area contributed by atoms with Gasteiger partial charge in [-0.1, -0.05) is 45.9 Å². The number of rotatable bonds is 5. The van der Waals surface area contributed by atoms with Crippen molar-refractivity contribution in [2.24, 2.45) is 0 Å². The van der Waals surface area contributed by atoms with Crippen molar-refractivity contribution in [1.29, 1.82) is 0 Å². The molecule has 2 aromatic heterocycles. The monoisotopic (exact) mass is 495 g/mol. The van der Waals surface area contributed by atoms with Crippen LogP contribution in [0.1, 0.15) is 34.1 Å². The number of nitrogens with one attached hydrogen (secondary N) is 1. The Hall–Kier alpha value is -2.84. The molecule has 1 atom stereocenters. The van der Waals surface area contributed by atoms with Gasteiger partial charge in [0, 0.05) is 45.6 Å². The molecule has 0 radical (unpaired) electrons. The molecule has 31 heavy (non-hydrogen) atoms. The van der Waals surface area contributed by atoms with Gasteiger partial charge in [0.15, 0.2) is 10.9 Å². The van der Waals surface area contributed by atoms with Crippen LogP contribution in [0, 0.1) is 0 Å². The van der Waals surface area contributed by atoms with Gasteiger partial charge in [0.2, 0.25) is 0 Å². The summed E-state index contributed by atoms with van der Waals surface area (Å²) < 4.78 is 12.7. The van der Waals surface area contributed by atoms with E-state index in [1.54, 1.807) is 18.5 Å². The topological polar surface area (TPSA) is 77.2 Å². The lowest BCUT2D eigenvalue weighted by Gasteiger charge is -2.26. The second-order valence-electron chi connectivity index (χ2n) is 7.07. The van der Waals surface area contributed by atoms with Gasteiger partial charge < -0.3 is 14.5 Å². The fourth-order valence-electron chi connectivity index (χ4n) is 3.66. The van der Waals surface area contributed by atoms with Crippen LogP contribution < -0.4 is 10.1 Å². The molecule has 0 bridgehead atoms. The maximum Gasteiger partial charge on any atom is 0.287 e. The number of benzene rings is 2. The van der Waals surface area contributed by atoms with Gasteiger partial charge in [0.25, 0.3) is 5.91 Å². The molecule has 1 amide bonds. The van der Waals surface area contributed by atoms with Crippen molar-refractivity contribution in [2.45, 2.75) is 23.4 Å². The summed E-state index contributed by atoms with van der Waals surface area (Å²) in [7, 11) is 0. The van der Waals surface area contributed by atoms with E-state index in [9.17, 15) is 4.79 Å². The maximum absolute atomic E-state index is 13.3. The number of hydrogen-bond donors (Lipinski definition) is 1. The third-order valence-electron chi connectivity index (χ3n) is 5.11. The highest BCUT2D eigenvalue weighted by atomic mass is 79.9. The Kier molecular flexibility index (Phi) is 5.65. The maximum atomic E-state index is 13.3. The molecule has 6 nitrogen and oxygen atoms in total. The van der Waals surface area contributed by atoms with E-state index in [-0.39, 0.29) is 11.9 Å². The normalized spacial score (nSPS) is 15.3. The first-order valence-corrected chi connectivity index (χ1v) is 11.6. The van der Waals surface area contributed by atoms with Crippen LogP contribution in [0.5, 0.6) is 5.75 Å². The van der Waals surface area contributed by atoms with Crippen LogP contribution in [0.15, 0.2) is 75.0 Å². The number of fused-ring (bicyclic) bond motifs is 2. The molecule has 1 unspecified atom stereocenters. The molecule has 0 fully saturated rings. The highest BCUT2D eigenvalue weighted by molar-refractivity contribution is 9.10. The summed E-state index contributed by atoms with van der Waals surface area (Å²) in [6.45, 7) is 0.549. The number of ether oxygens (including phenoxy) is 1. The van der Waals surface area contributed by atoms with E-state index < -0.39 is 0 Å². The first-order chi connectivity index (χ1) is 15.2. The largest absolute Gasteiger partial charge is 0.493 e. The van der Waals surface area contributed by atoms with E-state index in [2.05, 4.69) is 31.2 Å². The quantitative estimate of drug-likeness (QED) is 0.289. The molecule has 4 aromatic rings. The lowest BCUT2D eigenvalue weighted by atomic mass is 10.0. The smallest absolute Gasteiger partial charge is 0.287 e. The van der Waals surface area contributed by atoms with Gasteiger partial charge in [-0.3, -0.25) is 4.79 Å². The van der Waals surface area contributed by atoms with E-state index in [4.69, 9.17) is 9.15 Å². The molecule has 8 heteroatoms. The molecule has 1 aliphatic heterocycles. The number of carbonyl (C=O) groups is 1. The van der Waals surface area contributed by atoms with E-state index in [1.807, 2.05) is 42.5 Å². The van der Waals surface area contributed by atoms with Crippen molar-refractivity contribution in [1.82, 2.24) is 15.3 Å². The Morgan fingerprint density at radius 3 is 2.87 bits per heavy atom. The Morgan fingerprint density at radius 1 is 1.16 bits per heavy atom. The molecular weight excluding hydrogens is 478 g/mol. The van der Waals surface area contributed by atoms with Crippen LogP contribution in [0.25, 0.3) is 11.0 Å². The number of para-hydroxylation sites is 1. The number of furan rings is 1. The molecule has 1 N–H and O–H groups in total. The SMILES string of the molecule is O=C(NC1CCOc2ccc(Br)cc21)c1oc2ccccc2c1CSc1ncccn1. The zero-order valence-corrected chi connectivity index (χ0v) is 18.8. The van der Waals surface area contributed by atoms with E-state index in [0.717, 1.165) is 26.7 Å². The summed E-state index contributed by atoms with van der Waals surface area (Å²) in [5.74, 6) is 1.41. The second-order valence-corrected chi connectivity index (χ2v) is 8.93. The first kappa shape index (κ1) is 20.1. The predicted molar refractivity (Wildman–Crippen MR) is 122 cm³/mol. The molecule has 156 valence electrons. The molecule has 1 aliphatic rings. The highest BCUT2D eigenvalue weighted by Crippen LogP contribution is 2.35. The molecule has 0 aliphatic carbocycles. The minimum absolute atomic E-state index is 0.153. The van der Waals surface area contributed by atoms with Crippen LogP contribution in [0.3, 0.4) is 0 Å². The minimum Gasteiger partial charge on any atom is -0.493 e. The van der Waals surface area contributed by atoms with E-state index in [0.29, 0.717) is 35.3 Å². The van der Waals surface area contributed by atoms with Crippen LogP contribution >= 0.6 is 27.7 Å². The molecule has 0 spiro atoms. The van der Waals surface area contributed by atoms with Crippen molar-refractivity contribution >= 4 is 44.6 Å². The van der Waals surface area contributed by atoms with E-state index in [1.165, 1.54) is 11.8 Å². The van der Waals surface area contributed by atoms with Crippen molar-refractivity contribution in [3.63, 3.8) is 0 Å². The molecule has 0 saturated carbocycles. The Morgan fingerprint density at radius 2 is 2.00 bits per heavy atom. The minimum atomic E-state index is -0.237. The van der Waals surface area contributed by atoms with Crippen molar-refractivity contribution < 1.29 is 13.9 Å². The molecular formula is C23H18BrN3O3S. The lowest BCUT2D eigenvalue weighted by Crippen LogP contribution is -2.32. The van der Waals surface area contributed by atoms with Gasteiger partial charge in [0.1, 0.15) is 11.3 Å². The van der Waals surface area contributed by atoms with Crippen molar-refractivity contribution in [2.75, 3.05) is 6.61 Å². The fraction of sp³-hybridized carbons (Fsp3) is 0.174. The molecule has 5 rings (SSSR count). The third kappa shape index (κ3) is 4.18. The second kappa shape index (κ2) is 8.72. The van der Waals surface area contributed by atoms with Crippen LogP contribution in [0.2, 0.25) is 0 Å². The van der Waals surface area contributed by atoms with E-state index >= 15 is 0 Å². The molecule has 3 heterocycles. The van der Waals surface area contributed by atoms with Crippen LogP contribution in [-0.4, -0.2) is 22.5 Å². The Bertz CT molecular complexity index is 1250. The Balaban J connectivity index is 1.45. The van der Waals surface area contributed by atoms with Gasteiger partial charge in [-0.25, -0.2) is 9.97 Å². The van der Waals surface area contributed by atoms with Gasteiger partial charge in [-0.2, -0.15) is 0 Å². The van der Waals surface area contributed by atoms with Gasteiger partial charge >= 0.3 is 0 Å². The number of carbonyl (C=O) groups excluding carboxylic acids is 1. The summed E-state index contributed by atoms with van der Waals surface area (Å²) in [6, 6.07) is 15.2. The number of thioether (sulfide) groups is 1. The standard InChI is InChI=1S/C23H18BrN3O3S/c24-14-6-7-19-16(12-14)18(8-11-29-19)27-22(28)21-17(13-31-23-25-9-3-10-26-23)15-4-1-2-5-20(15)30-21/h1-7,9-10,12,18H,8,11,13H2,(H,27,28). The predicted octanol–water partition coefficient (Wildman–Crippen LogP) is 5.53. The van der Waals surface area contributed by atoms with Gasteiger partial charge in [0.05, 0.1) is 12.6 Å². The molecule has 2 aromatic carbocycles. The zero-order valence-electron chi connectivity index (χ0n) is 16.4. The van der Waals surface area contributed by atoms with Gasteiger partial charge in [-0.05, 0) is 30.3 Å². The number of halogens is 1. The summed E-state index contributed by atoms with van der Waals surface area (Å²) in [4.78, 5) is 21.8. The van der Waals surface area contributed by atoms with Crippen molar-refractivity contribution in [3.05, 3.63) is 82.3 Å². The number of nitrogens with zero attached hydrogens (tertiary/aromatic N) is 2. The zero-order chi connectivity index (χ0) is 21.2. The average molecular weight is 496 g/mol. The van der Waals surface area contributed by atoms with Crippen LogP contribution in [0.4, 0.5) is 0 Å². The number of aromatic nitrogens is 2. The fourth-order valence-corrected chi connectivity index (χ4v) is 4.87. The summed E-state index contributed by atoms with van der Waals surface area (Å²) in [5, 5.41) is 4.72. The van der Waals surface area contributed by atoms with Gasteiger partial charge in [-0.15, -0.1) is 0 Å². The summed E-state index contributed by atoms with van der Waals surface area (Å²) in [6.07, 6.45) is 4.10. The lowest BCUT2D eigenvalue weighted by molar-refractivity contribution is 0.0898. The summed E-state index contributed by atoms with van der Waals surface area (Å²) >= 11 is 4.98. The third-order valence-corrected chi connectivity index (χ3v) is 6.50. The van der Waals surface area contributed by atoms with Crippen molar-refractivity contribution in [3.8, 4) is 5.75 Å². The number of hydrogen-bond acceptors (Lipinski definition) is 6. The van der Waals surface area contributed by atoms with Crippen LogP contribution in [-0.2, 0) is 5.75 Å². The summed E-state index contributed by atoms with van der Waals surface area (Å²) in [5.41, 5.74) is 2.48. The highest BCUT2D eigenvalue weighted by Gasteiger charge is 2.27.